The van der Waals surface area contributed by atoms with Crippen LogP contribution in [0.15, 0.2) is 41.3 Å². The van der Waals surface area contributed by atoms with Gasteiger partial charge in [0.05, 0.1) is 19.8 Å². The number of anilines is 1. The monoisotopic (exact) mass is 486 g/mol. The van der Waals surface area contributed by atoms with Crippen molar-refractivity contribution in [3.8, 4) is 11.5 Å². The van der Waals surface area contributed by atoms with Gasteiger partial charge in [0.25, 0.3) is 5.91 Å². The Kier molecular flexibility index (Phi) is 7.95. The highest BCUT2D eigenvalue weighted by Gasteiger charge is 2.22. The lowest BCUT2D eigenvalue weighted by atomic mass is 10.2. The van der Waals surface area contributed by atoms with E-state index in [9.17, 15) is 4.79 Å². The summed E-state index contributed by atoms with van der Waals surface area (Å²) in [6, 6.07) is 11.6. The molecule has 0 unspecified atom stereocenters. The van der Waals surface area contributed by atoms with E-state index in [-0.39, 0.29) is 5.91 Å². The van der Waals surface area contributed by atoms with E-state index in [0.29, 0.717) is 6.54 Å². The van der Waals surface area contributed by atoms with Gasteiger partial charge in [-0.1, -0.05) is 30.4 Å². The van der Waals surface area contributed by atoms with Gasteiger partial charge in [0.1, 0.15) is 21.7 Å². The van der Waals surface area contributed by atoms with Crippen LogP contribution < -0.4 is 19.7 Å². The first-order valence-corrected chi connectivity index (χ1v) is 12.9. The molecule has 2 aromatic carbocycles. The van der Waals surface area contributed by atoms with Crippen molar-refractivity contribution in [1.29, 1.82) is 0 Å². The zero-order chi connectivity index (χ0) is 23.2. The molecule has 1 N–H and O–H groups in total. The Bertz CT molecular complexity index is 1060. The van der Waals surface area contributed by atoms with Gasteiger partial charge in [-0.25, -0.2) is 4.98 Å². The van der Waals surface area contributed by atoms with Crippen LogP contribution in [-0.4, -0.2) is 75.0 Å². The first kappa shape index (κ1) is 23.7. The number of thiazole rings is 1. The number of aromatic nitrogens is 1. The molecular formula is C24H30N4O3S2. The number of thioether (sulfide) groups is 1. The molecule has 1 aromatic heterocycles. The molecule has 0 atom stereocenters. The predicted molar refractivity (Wildman–Crippen MR) is 137 cm³/mol. The van der Waals surface area contributed by atoms with Gasteiger partial charge >= 0.3 is 0 Å². The SMILES string of the molecule is CCSc1ccccc1C(=O)NCCN1CCN(c2nc3c(OC)ccc(OC)c3s2)CC1. The van der Waals surface area contributed by atoms with Crippen LogP contribution in [0.5, 0.6) is 11.5 Å². The van der Waals surface area contributed by atoms with E-state index in [0.717, 1.165) is 75.8 Å². The lowest BCUT2D eigenvalue weighted by Crippen LogP contribution is -2.48. The van der Waals surface area contributed by atoms with Gasteiger partial charge in [0, 0.05) is 44.2 Å². The summed E-state index contributed by atoms with van der Waals surface area (Å²) in [4.78, 5) is 23.2. The third-order valence-corrected chi connectivity index (χ3v) is 7.77. The Morgan fingerprint density at radius 1 is 1.09 bits per heavy atom. The van der Waals surface area contributed by atoms with E-state index in [1.54, 1.807) is 37.3 Å². The molecule has 1 aliphatic heterocycles. The lowest BCUT2D eigenvalue weighted by molar-refractivity contribution is 0.0945. The largest absolute Gasteiger partial charge is 0.495 e. The molecule has 3 aromatic rings. The van der Waals surface area contributed by atoms with Crippen LogP contribution in [0.1, 0.15) is 17.3 Å². The fourth-order valence-corrected chi connectivity index (χ4v) is 5.86. The molecule has 1 saturated heterocycles. The number of rotatable bonds is 9. The zero-order valence-electron chi connectivity index (χ0n) is 19.3. The summed E-state index contributed by atoms with van der Waals surface area (Å²) in [5, 5.41) is 4.08. The summed E-state index contributed by atoms with van der Waals surface area (Å²) in [6.07, 6.45) is 0. The van der Waals surface area contributed by atoms with Crippen LogP contribution in [0.2, 0.25) is 0 Å². The Balaban J connectivity index is 1.30. The average Bonchev–Trinajstić information content (AvgIpc) is 3.30. The Hall–Kier alpha value is -2.49. The summed E-state index contributed by atoms with van der Waals surface area (Å²) < 4.78 is 12.0. The fraction of sp³-hybridized carbons (Fsp3) is 0.417. The molecule has 7 nitrogen and oxygen atoms in total. The predicted octanol–water partition coefficient (Wildman–Crippen LogP) is 3.98. The maximum Gasteiger partial charge on any atom is 0.252 e. The van der Waals surface area contributed by atoms with Crippen molar-refractivity contribution < 1.29 is 14.3 Å². The van der Waals surface area contributed by atoms with Crippen LogP contribution in [0.25, 0.3) is 10.2 Å². The quantitative estimate of drug-likeness (QED) is 0.459. The number of nitrogens with one attached hydrogen (secondary N) is 1. The van der Waals surface area contributed by atoms with Crippen LogP contribution in [0.4, 0.5) is 5.13 Å². The molecule has 0 bridgehead atoms. The van der Waals surface area contributed by atoms with E-state index >= 15 is 0 Å². The Morgan fingerprint density at radius 2 is 1.82 bits per heavy atom. The van der Waals surface area contributed by atoms with Gasteiger partial charge in [0.2, 0.25) is 0 Å². The number of carbonyl (C=O) groups excluding carboxylic acids is 1. The van der Waals surface area contributed by atoms with E-state index in [4.69, 9.17) is 14.5 Å². The summed E-state index contributed by atoms with van der Waals surface area (Å²) in [5.74, 6) is 2.54. The summed E-state index contributed by atoms with van der Waals surface area (Å²) >= 11 is 3.34. The molecule has 2 heterocycles. The summed E-state index contributed by atoms with van der Waals surface area (Å²) in [7, 11) is 3.35. The molecule has 33 heavy (non-hydrogen) atoms. The number of hydrogen-bond donors (Lipinski definition) is 1. The topological polar surface area (TPSA) is 66.9 Å². The third kappa shape index (κ3) is 5.37. The normalized spacial score (nSPS) is 14.5. The van der Waals surface area contributed by atoms with Gasteiger partial charge in [-0.05, 0) is 30.0 Å². The molecule has 1 amide bonds. The smallest absolute Gasteiger partial charge is 0.252 e. The summed E-state index contributed by atoms with van der Waals surface area (Å²) in [6.45, 7) is 7.23. The van der Waals surface area contributed by atoms with Crippen molar-refractivity contribution in [2.75, 3.05) is 64.1 Å². The summed E-state index contributed by atoms with van der Waals surface area (Å²) in [5.41, 5.74) is 1.61. The number of nitrogens with zero attached hydrogens (tertiary/aromatic N) is 3. The highest BCUT2D eigenvalue weighted by molar-refractivity contribution is 7.99. The molecule has 0 radical (unpaired) electrons. The first-order chi connectivity index (χ1) is 16.1. The lowest BCUT2D eigenvalue weighted by Gasteiger charge is -2.34. The maximum atomic E-state index is 12.6. The molecule has 176 valence electrons. The molecule has 1 fully saturated rings. The standard InChI is InChI=1S/C24H30N4O3S2/c1-4-32-20-8-6-5-7-17(20)23(29)25-11-12-27-13-15-28(16-14-27)24-26-21-18(30-2)9-10-19(31-3)22(21)33-24/h5-10H,4,11-16H2,1-3H3,(H,25,29). The van der Waals surface area contributed by atoms with Crippen molar-refractivity contribution in [2.45, 2.75) is 11.8 Å². The average molecular weight is 487 g/mol. The molecule has 0 aliphatic carbocycles. The van der Waals surface area contributed by atoms with Crippen molar-refractivity contribution in [2.24, 2.45) is 0 Å². The van der Waals surface area contributed by atoms with Gasteiger partial charge in [0.15, 0.2) is 5.13 Å². The number of fused-ring (bicyclic) bond motifs is 1. The number of carbonyl (C=O) groups is 1. The number of ether oxygens (including phenoxy) is 2. The van der Waals surface area contributed by atoms with Crippen molar-refractivity contribution in [3.63, 3.8) is 0 Å². The highest BCUT2D eigenvalue weighted by Crippen LogP contribution is 2.40. The fourth-order valence-electron chi connectivity index (χ4n) is 3.93. The van der Waals surface area contributed by atoms with Crippen molar-refractivity contribution in [1.82, 2.24) is 15.2 Å². The first-order valence-electron chi connectivity index (χ1n) is 11.1. The van der Waals surface area contributed by atoms with Crippen molar-refractivity contribution >= 4 is 44.4 Å². The number of hydrogen-bond acceptors (Lipinski definition) is 8. The number of benzene rings is 2. The molecule has 9 heteroatoms. The van der Waals surface area contributed by atoms with Crippen molar-refractivity contribution in [3.05, 3.63) is 42.0 Å². The van der Waals surface area contributed by atoms with Gasteiger partial charge < -0.3 is 19.7 Å². The van der Waals surface area contributed by atoms with Crippen LogP contribution in [0, 0.1) is 0 Å². The maximum absolute atomic E-state index is 12.6. The minimum atomic E-state index is 0.00237. The Labute approximate surface area is 203 Å². The second-order valence-electron chi connectivity index (χ2n) is 7.66. The van der Waals surface area contributed by atoms with Gasteiger partial charge in [-0.2, -0.15) is 0 Å². The van der Waals surface area contributed by atoms with E-state index in [1.807, 2.05) is 36.4 Å². The minimum absolute atomic E-state index is 0.00237. The van der Waals surface area contributed by atoms with E-state index in [1.165, 1.54) is 0 Å². The van der Waals surface area contributed by atoms with Gasteiger partial charge in [-0.3, -0.25) is 9.69 Å². The number of methoxy groups -OCH3 is 2. The third-order valence-electron chi connectivity index (χ3n) is 5.69. The second-order valence-corrected chi connectivity index (χ2v) is 9.94. The minimum Gasteiger partial charge on any atom is -0.495 e. The zero-order valence-corrected chi connectivity index (χ0v) is 20.9. The van der Waals surface area contributed by atoms with Crippen LogP contribution in [-0.2, 0) is 0 Å². The molecule has 0 spiro atoms. The van der Waals surface area contributed by atoms with E-state index in [2.05, 4.69) is 22.0 Å². The van der Waals surface area contributed by atoms with Gasteiger partial charge in [-0.15, -0.1) is 11.8 Å². The van der Waals surface area contributed by atoms with Crippen LogP contribution >= 0.6 is 23.1 Å². The molecular weight excluding hydrogens is 456 g/mol. The molecule has 1 aliphatic rings. The Morgan fingerprint density at radius 3 is 2.55 bits per heavy atom. The number of amides is 1. The van der Waals surface area contributed by atoms with E-state index < -0.39 is 0 Å². The molecule has 0 saturated carbocycles. The number of piperazine rings is 1. The molecule has 4 rings (SSSR count). The van der Waals surface area contributed by atoms with Crippen LogP contribution in [0.3, 0.4) is 0 Å². The second kappa shape index (κ2) is 11.1. The highest BCUT2D eigenvalue weighted by atomic mass is 32.2.